The van der Waals surface area contributed by atoms with E-state index >= 15 is 0 Å². The third kappa shape index (κ3) is 7.29. The molecule has 1 aliphatic heterocycles. The number of carbonyl (C=O) groups excluding carboxylic acids is 2. The van der Waals surface area contributed by atoms with Crippen molar-refractivity contribution < 1.29 is 9.59 Å². The number of nitrogens with zero attached hydrogens (tertiary/aromatic N) is 1. The summed E-state index contributed by atoms with van der Waals surface area (Å²) in [4.78, 5) is 26.3. The molecular formula is C17H25Cl3N4O2. The molecule has 146 valence electrons. The molecule has 2 rings (SSSR count). The zero-order valence-electron chi connectivity index (χ0n) is 14.5. The van der Waals surface area contributed by atoms with Crippen LogP contribution in [0.25, 0.3) is 0 Å². The molecule has 0 aliphatic carbocycles. The van der Waals surface area contributed by atoms with E-state index in [0.717, 1.165) is 19.4 Å². The molecule has 0 saturated carbocycles. The van der Waals surface area contributed by atoms with Crippen molar-refractivity contribution in [2.45, 2.75) is 19.3 Å². The second-order valence-electron chi connectivity index (χ2n) is 6.14. The van der Waals surface area contributed by atoms with E-state index in [0.29, 0.717) is 48.3 Å². The average Bonchev–Trinajstić information content (AvgIpc) is 2.61. The van der Waals surface area contributed by atoms with Gasteiger partial charge >= 0.3 is 0 Å². The van der Waals surface area contributed by atoms with Crippen LogP contribution >= 0.6 is 35.6 Å². The Labute approximate surface area is 170 Å². The molecule has 0 bridgehead atoms. The highest BCUT2D eigenvalue weighted by Gasteiger charge is 2.25. The molecule has 1 aromatic carbocycles. The normalized spacial score (nSPS) is 17.3. The number of nitrogens with two attached hydrogens (primary N) is 1. The zero-order chi connectivity index (χ0) is 18.2. The average molecular weight is 424 g/mol. The lowest BCUT2D eigenvalue weighted by atomic mass is 9.97. The molecule has 9 heteroatoms. The maximum absolute atomic E-state index is 12.1. The Morgan fingerprint density at radius 3 is 2.81 bits per heavy atom. The van der Waals surface area contributed by atoms with E-state index in [2.05, 4.69) is 15.5 Å². The number of amides is 2. The van der Waals surface area contributed by atoms with Crippen LogP contribution in [0.15, 0.2) is 18.2 Å². The summed E-state index contributed by atoms with van der Waals surface area (Å²) < 4.78 is 0. The summed E-state index contributed by atoms with van der Waals surface area (Å²) in [6.07, 6.45) is 2.15. The number of hydrogen-bond acceptors (Lipinski definition) is 4. The van der Waals surface area contributed by atoms with Gasteiger partial charge in [0.05, 0.1) is 16.6 Å². The van der Waals surface area contributed by atoms with Crippen molar-refractivity contribution in [1.29, 1.82) is 0 Å². The van der Waals surface area contributed by atoms with Crippen LogP contribution in [0, 0.1) is 5.92 Å². The fourth-order valence-electron chi connectivity index (χ4n) is 2.88. The molecule has 6 nitrogen and oxygen atoms in total. The van der Waals surface area contributed by atoms with Gasteiger partial charge < -0.3 is 21.3 Å². The van der Waals surface area contributed by atoms with Crippen molar-refractivity contribution in [1.82, 2.24) is 10.2 Å². The van der Waals surface area contributed by atoms with Crippen LogP contribution in [0.3, 0.4) is 0 Å². The van der Waals surface area contributed by atoms with Gasteiger partial charge in [-0.3, -0.25) is 9.59 Å². The van der Waals surface area contributed by atoms with Crippen LogP contribution in [0.4, 0.5) is 5.69 Å². The van der Waals surface area contributed by atoms with Crippen LogP contribution < -0.4 is 16.4 Å². The van der Waals surface area contributed by atoms with Crippen molar-refractivity contribution in [2.24, 2.45) is 11.7 Å². The number of rotatable bonds is 7. The number of piperidine rings is 1. The number of anilines is 1. The maximum Gasteiger partial charge on any atom is 0.225 e. The number of carbonyl (C=O) groups is 2. The van der Waals surface area contributed by atoms with Crippen LogP contribution in [0.2, 0.25) is 10.0 Å². The third-order valence-electron chi connectivity index (χ3n) is 4.18. The molecule has 4 N–H and O–H groups in total. The van der Waals surface area contributed by atoms with Crippen molar-refractivity contribution in [3.8, 4) is 0 Å². The lowest BCUT2D eigenvalue weighted by molar-refractivity contribution is -0.126. The van der Waals surface area contributed by atoms with E-state index in [1.165, 1.54) is 0 Å². The molecule has 0 spiro atoms. The SMILES string of the molecule is Cl.NCCNC(=O)C1CCCN(CCC(=O)Nc2cc(Cl)ccc2Cl)C1. The van der Waals surface area contributed by atoms with E-state index in [1.807, 2.05) is 0 Å². The van der Waals surface area contributed by atoms with Crippen LogP contribution in [0.1, 0.15) is 19.3 Å². The smallest absolute Gasteiger partial charge is 0.225 e. The summed E-state index contributed by atoms with van der Waals surface area (Å²) in [7, 11) is 0. The minimum absolute atomic E-state index is 0. The van der Waals surface area contributed by atoms with Crippen molar-refractivity contribution in [2.75, 3.05) is 38.0 Å². The summed E-state index contributed by atoms with van der Waals surface area (Å²) >= 11 is 12.0. The molecule has 1 saturated heterocycles. The predicted molar refractivity (Wildman–Crippen MR) is 108 cm³/mol. The Hall–Kier alpha value is -1.05. The molecule has 1 fully saturated rings. The lowest BCUT2D eigenvalue weighted by Gasteiger charge is -2.31. The molecule has 0 aromatic heterocycles. The predicted octanol–water partition coefficient (Wildman–Crippen LogP) is 2.53. The van der Waals surface area contributed by atoms with Gasteiger partial charge in [0.2, 0.25) is 11.8 Å². The minimum atomic E-state index is -0.126. The molecule has 2 amide bonds. The molecule has 0 radical (unpaired) electrons. The molecule has 26 heavy (non-hydrogen) atoms. The number of halogens is 3. The first-order valence-corrected chi connectivity index (χ1v) is 9.20. The van der Waals surface area contributed by atoms with Gasteiger partial charge in [0.15, 0.2) is 0 Å². The van der Waals surface area contributed by atoms with Crippen molar-refractivity contribution in [3.63, 3.8) is 0 Å². The number of nitrogens with one attached hydrogen (secondary N) is 2. The van der Waals surface area contributed by atoms with E-state index < -0.39 is 0 Å². The topological polar surface area (TPSA) is 87.5 Å². The highest BCUT2D eigenvalue weighted by molar-refractivity contribution is 6.35. The van der Waals surface area contributed by atoms with E-state index in [9.17, 15) is 9.59 Å². The Balaban J connectivity index is 0.00000338. The summed E-state index contributed by atoms with van der Waals surface area (Å²) in [6, 6.07) is 4.94. The molecule has 1 aromatic rings. The monoisotopic (exact) mass is 422 g/mol. The minimum Gasteiger partial charge on any atom is -0.355 e. The summed E-state index contributed by atoms with van der Waals surface area (Å²) in [6.45, 7) is 3.10. The van der Waals surface area contributed by atoms with Crippen LogP contribution in [-0.2, 0) is 9.59 Å². The fraction of sp³-hybridized carbons (Fsp3) is 0.529. The van der Waals surface area contributed by atoms with Gasteiger partial charge in [-0.25, -0.2) is 0 Å². The molecule has 1 atom stereocenters. The van der Waals surface area contributed by atoms with Crippen molar-refractivity contribution >= 4 is 53.1 Å². The number of benzene rings is 1. The lowest BCUT2D eigenvalue weighted by Crippen LogP contribution is -2.44. The van der Waals surface area contributed by atoms with Gasteiger partial charge in [0.1, 0.15) is 0 Å². The van der Waals surface area contributed by atoms with Gasteiger partial charge in [-0.2, -0.15) is 0 Å². The van der Waals surface area contributed by atoms with E-state index in [1.54, 1.807) is 18.2 Å². The van der Waals surface area contributed by atoms with Gasteiger partial charge in [-0.05, 0) is 37.6 Å². The van der Waals surface area contributed by atoms with Gasteiger partial charge in [-0.1, -0.05) is 23.2 Å². The molecule has 1 aliphatic rings. The summed E-state index contributed by atoms with van der Waals surface area (Å²) in [5.41, 5.74) is 5.92. The zero-order valence-corrected chi connectivity index (χ0v) is 16.8. The highest BCUT2D eigenvalue weighted by Crippen LogP contribution is 2.25. The Kier molecular flexibility index (Phi) is 10.3. The largest absolute Gasteiger partial charge is 0.355 e. The Morgan fingerprint density at radius 1 is 1.31 bits per heavy atom. The van der Waals surface area contributed by atoms with Crippen molar-refractivity contribution in [3.05, 3.63) is 28.2 Å². The maximum atomic E-state index is 12.1. The van der Waals surface area contributed by atoms with Gasteiger partial charge in [0, 0.05) is 37.6 Å². The second-order valence-corrected chi connectivity index (χ2v) is 6.99. The highest BCUT2D eigenvalue weighted by atomic mass is 35.5. The third-order valence-corrected chi connectivity index (χ3v) is 4.74. The Morgan fingerprint density at radius 2 is 2.08 bits per heavy atom. The first kappa shape index (κ1) is 23.0. The standard InChI is InChI=1S/C17H24Cl2N4O2.ClH/c18-13-3-4-14(19)15(10-13)22-16(24)5-9-23-8-1-2-12(11-23)17(25)21-7-6-20;/h3-4,10,12H,1-2,5-9,11,20H2,(H,21,25)(H,22,24);1H. The van der Waals surface area contributed by atoms with Gasteiger partial charge in [0.25, 0.3) is 0 Å². The molecular weight excluding hydrogens is 399 g/mol. The number of hydrogen-bond donors (Lipinski definition) is 3. The molecule has 1 unspecified atom stereocenters. The second kappa shape index (κ2) is 11.6. The first-order valence-electron chi connectivity index (χ1n) is 8.44. The molecule has 1 heterocycles. The quantitative estimate of drug-likeness (QED) is 0.629. The fourth-order valence-corrected chi connectivity index (χ4v) is 3.21. The van der Waals surface area contributed by atoms with E-state index in [4.69, 9.17) is 28.9 Å². The van der Waals surface area contributed by atoms with Gasteiger partial charge in [-0.15, -0.1) is 12.4 Å². The van der Waals surface area contributed by atoms with E-state index in [-0.39, 0.29) is 30.1 Å². The number of likely N-dealkylation sites (tertiary alicyclic amines) is 1. The Bertz CT molecular complexity index is 616. The van der Waals surface area contributed by atoms with Crippen LogP contribution in [0.5, 0.6) is 0 Å². The summed E-state index contributed by atoms with van der Waals surface area (Å²) in [5, 5.41) is 6.58. The van der Waals surface area contributed by atoms with Crippen LogP contribution in [-0.4, -0.2) is 49.4 Å². The summed E-state index contributed by atoms with van der Waals surface area (Å²) in [5.74, 6) is -0.116. The first-order chi connectivity index (χ1) is 12.0.